The van der Waals surface area contributed by atoms with Gasteiger partial charge in [0.05, 0.1) is 23.9 Å². The van der Waals surface area contributed by atoms with Gasteiger partial charge in [0.2, 0.25) is 0 Å². The number of fused-ring (bicyclic) bond motifs is 1. The largest absolute Gasteiger partial charge is 0.573 e. The summed E-state index contributed by atoms with van der Waals surface area (Å²) in [4.78, 5) is 12.2. The molecule has 2 aliphatic carbocycles. The highest BCUT2D eigenvalue weighted by Gasteiger charge is 2.44. The van der Waals surface area contributed by atoms with E-state index in [0.29, 0.717) is 18.1 Å². The molecule has 3 atom stereocenters. The van der Waals surface area contributed by atoms with Crippen LogP contribution in [0.1, 0.15) is 55.3 Å². The Hall–Kier alpha value is -1.80. The number of esters is 1. The number of carbonyl (C=O) groups excluding carboxylic acids is 1. The van der Waals surface area contributed by atoms with Crippen LogP contribution in [0.4, 0.5) is 13.2 Å². The predicted molar refractivity (Wildman–Crippen MR) is 96.5 cm³/mol. The molecule has 1 heterocycles. The first kappa shape index (κ1) is 20.5. The van der Waals surface area contributed by atoms with Crippen LogP contribution in [-0.4, -0.2) is 43.4 Å². The normalized spacial score (nSPS) is 31.6. The van der Waals surface area contributed by atoms with Crippen molar-refractivity contribution in [2.24, 2.45) is 5.92 Å². The van der Waals surface area contributed by atoms with E-state index in [1.807, 2.05) is 0 Å². The van der Waals surface area contributed by atoms with Crippen molar-refractivity contribution in [1.82, 2.24) is 0 Å². The molecule has 1 aliphatic heterocycles. The standard InChI is InChI=1S/C21H25F3O5/c22-21(23,24)29-17-4-2-14(3-5-17)20(25)27-16-8-6-15(7-9-16)26-12-13-1-10-18-19(11-13)28-18/h2-5,13,15-16,18-19H,1,6-12H2. The molecule has 3 aliphatic rings. The lowest BCUT2D eigenvalue weighted by Crippen LogP contribution is -2.30. The molecule has 1 aromatic rings. The van der Waals surface area contributed by atoms with Gasteiger partial charge >= 0.3 is 12.3 Å². The third-order valence-corrected chi connectivity index (χ3v) is 5.90. The Bertz CT molecular complexity index is 697. The summed E-state index contributed by atoms with van der Waals surface area (Å²) in [6.07, 6.45) is 2.76. The minimum atomic E-state index is -4.76. The van der Waals surface area contributed by atoms with Gasteiger partial charge in [-0.3, -0.25) is 0 Å². The van der Waals surface area contributed by atoms with Crippen molar-refractivity contribution in [3.63, 3.8) is 0 Å². The molecular formula is C21H25F3O5. The fourth-order valence-electron chi connectivity index (χ4n) is 4.24. The molecule has 29 heavy (non-hydrogen) atoms. The smallest absolute Gasteiger partial charge is 0.459 e. The zero-order valence-corrected chi connectivity index (χ0v) is 16.0. The SMILES string of the molecule is O=C(OC1CCC(OCC2CCC3OC3C2)CC1)c1ccc(OC(F)(F)F)cc1. The van der Waals surface area contributed by atoms with E-state index >= 15 is 0 Å². The van der Waals surface area contributed by atoms with Crippen molar-refractivity contribution in [2.75, 3.05) is 6.61 Å². The number of epoxide rings is 1. The average molecular weight is 414 g/mol. The lowest BCUT2D eigenvalue weighted by atomic mass is 9.89. The number of alkyl halides is 3. The van der Waals surface area contributed by atoms with Crippen molar-refractivity contribution in [3.8, 4) is 5.75 Å². The third kappa shape index (κ3) is 5.85. The first-order chi connectivity index (χ1) is 13.9. The second-order valence-corrected chi connectivity index (χ2v) is 8.10. The molecule has 3 fully saturated rings. The highest BCUT2D eigenvalue weighted by molar-refractivity contribution is 5.89. The Balaban J connectivity index is 1.16. The lowest BCUT2D eigenvalue weighted by molar-refractivity contribution is -0.274. The van der Waals surface area contributed by atoms with Crippen LogP contribution in [0.25, 0.3) is 0 Å². The number of halogens is 3. The molecule has 8 heteroatoms. The van der Waals surface area contributed by atoms with Gasteiger partial charge in [-0.15, -0.1) is 13.2 Å². The maximum Gasteiger partial charge on any atom is 0.573 e. The van der Waals surface area contributed by atoms with Gasteiger partial charge in [-0.05, 0) is 75.1 Å². The molecule has 0 bridgehead atoms. The van der Waals surface area contributed by atoms with Crippen LogP contribution in [0.2, 0.25) is 0 Å². The fourth-order valence-corrected chi connectivity index (χ4v) is 4.24. The molecule has 1 aromatic carbocycles. The minimum Gasteiger partial charge on any atom is -0.459 e. The molecule has 160 valence electrons. The number of carbonyl (C=O) groups is 1. The molecule has 0 amide bonds. The fraction of sp³-hybridized carbons (Fsp3) is 0.667. The average Bonchev–Trinajstić information content (AvgIpc) is 3.45. The van der Waals surface area contributed by atoms with Crippen LogP contribution in [-0.2, 0) is 14.2 Å². The molecule has 2 saturated carbocycles. The Morgan fingerprint density at radius 3 is 2.31 bits per heavy atom. The summed E-state index contributed by atoms with van der Waals surface area (Å²) in [6.45, 7) is 0.772. The predicted octanol–water partition coefficient (Wildman–Crippen LogP) is 4.64. The maximum atomic E-state index is 12.2. The Morgan fingerprint density at radius 2 is 1.66 bits per heavy atom. The first-order valence-corrected chi connectivity index (χ1v) is 10.2. The van der Waals surface area contributed by atoms with E-state index in [2.05, 4.69) is 4.74 Å². The zero-order valence-electron chi connectivity index (χ0n) is 16.0. The molecule has 5 nitrogen and oxygen atoms in total. The van der Waals surface area contributed by atoms with E-state index in [4.69, 9.17) is 14.2 Å². The van der Waals surface area contributed by atoms with Crippen LogP contribution in [0.5, 0.6) is 5.75 Å². The van der Waals surface area contributed by atoms with E-state index in [1.54, 1.807) is 0 Å². The van der Waals surface area contributed by atoms with Crippen LogP contribution in [0.15, 0.2) is 24.3 Å². The maximum absolute atomic E-state index is 12.2. The Kier molecular flexibility index (Phi) is 6.01. The highest BCUT2D eigenvalue weighted by Crippen LogP contribution is 2.39. The van der Waals surface area contributed by atoms with E-state index in [0.717, 1.165) is 57.3 Å². The van der Waals surface area contributed by atoms with Crippen LogP contribution in [0.3, 0.4) is 0 Å². The summed E-state index contributed by atoms with van der Waals surface area (Å²) in [6, 6.07) is 4.76. The number of benzene rings is 1. The van der Waals surface area contributed by atoms with Crippen LogP contribution >= 0.6 is 0 Å². The van der Waals surface area contributed by atoms with Gasteiger partial charge in [0.1, 0.15) is 11.9 Å². The number of rotatable bonds is 6. The second-order valence-electron chi connectivity index (χ2n) is 8.10. The van der Waals surface area contributed by atoms with Gasteiger partial charge < -0.3 is 18.9 Å². The van der Waals surface area contributed by atoms with Crippen molar-refractivity contribution < 1.29 is 36.9 Å². The lowest BCUT2D eigenvalue weighted by Gasteiger charge is -2.30. The van der Waals surface area contributed by atoms with E-state index < -0.39 is 12.3 Å². The zero-order chi connectivity index (χ0) is 20.4. The van der Waals surface area contributed by atoms with Crippen molar-refractivity contribution >= 4 is 5.97 Å². The van der Waals surface area contributed by atoms with Gasteiger partial charge in [-0.2, -0.15) is 0 Å². The summed E-state index contributed by atoms with van der Waals surface area (Å²) < 4.78 is 57.5. The summed E-state index contributed by atoms with van der Waals surface area (Å²) in [5.74, 6) is -0.318. The van der Waals surface area contributed by atoms with Gasteiger partial charge in [0.25, 0.3) is 0 Å². The second kappa shape index (κ2) is 8.52. The first-order valence-electron chi connectivity index (χ1n) is 10.2. The summed E-state index contributed by atoms with van der Waals surface area (Å²) in [5.41, 5.74) is 0.204. The third-order valence-electron chi connectivity index (χ3n) is 5.90. The van der Waals surface area contributed by atoms with E-state index in [9.17, 15) is 18.0 Å². The molecule has 4 rings (SSSR count). The summed E-state index contributed by atoms with van der Waals surface area (Å²) in [5, 5.41) is 0. The van der Waals surface area contributed by atoms with Gasteiger partial charge in [0, 0.05) is 6.61 Å². The highest BCUT2D eigenvalue weighted by atomic mass is 19.4. The Morgan fingerprint density at radius 1 is 0.966 bits per heavy atom. The van der Waals surface area contributed by atoms with E-state index in [-0.39, 0.29) is 23.5 Å². The summed E-state index contributed by atoms with van der Waals surface area (Å²) in [7, 11) is 0. The van der Waals surface area contributed by atoms with Gasteiger partial charge in [-0.25, -0.2) is 4.79 Å². The molecule has 0 N–H and O–H groups in total. The molecule has 3 unspecified atom stereocenters. The molecule has 0 aromatic heterocycles. The van der Waals surface area contributed by atoms with Crippen LogP contribution < -0.4 is 4.74 Å². The van der Waals surface area contributed by atoms with Gasteiger partial charge in [-0.1, -0.05) is 0 Å². The van der Waals surface area contributed by atoms with Crippen molar-refractivity contribution in [2.45, 2.75) is 75.7 Å². The minimum absolute atomic E-state index is 0.191. The van der Waals surface area contributed by atoms with Crippen molar-refractivity contribution in [1.29, 1.82) is 0 Å². The quantitative estimate of drug-likeness (QED) is 0.502. The molecule has 0 spiro atoms. The summed E-state index contributed by atoms with van der Waals surface area (Å²) >= 11 is 0. The van der Waals surface area contributed by atoms with Crippen molar-refractivity contribution in [3.05, 3.63) is 29.8 Å². The monoisotopic (exact) mass is 414 g/mol. The topological polar surface area (TPSA) is 57.3 Å². The van der Waals surface area contributed by atoms with Gasteiger partial charge in [0.15, 0.2) is 0 Å². The van der Waals surface area contributed by atoms with Crippen LogP contribution in [0, 0.1) is 5.92 Å². The number of hydrogen-bond donors (Lipinski definition) is 0. The number of hydrogen-bond acceptors (Lipinski definition) is 5. The molecular weight excluding hydrogens is 389 g/mol. The molecule has 1 saturated heterocycles. The Labute approximate surface area is 167 Å². The van der Waals surface area contributed by atoms with E-state index in [1.165, 1.54) is 18.6 Å². The number of ether oxygens (including phenoxy) is 4. The molecule has 0 radical (unpaired) electrons.